The van der Waals surface area contributed by atoms with Gasteiger partial charge in [0.25, 0.3) is 5.69 Å². The van der Waals surface area contributed by atoms with Crippen molar-refractivity contribution >= 4 is 11.4 Å². The summed E-state index contributed by atoms with van der Waals surface area (Å²) in [6.07, 6.45) is 0. The van der Waals surface area contributed by atoms with Crippen LogP contribution >= 0.6 is 0 Å². The average Bonchev–Trinajstić information content (AvgIpc) is 2.14. The van der Waals surface area contributed by atoms with Gasteiger partial charge in [0, 0.05) is 24.8 Å². The van der Waals surface area contributed by atoms with Crippen molar-refractivity contribution in [2.45, 2.75) is 19.4 Å². The number of nitro benzene ring substituents is 1. The Morgan fingerprint density at radius 2 is 2.12 bits per heavy atom. The van der Waals surface area contributed by atoms with Crippen molar-refractivity contribution in [2.75, 3.05) is 18.0 Å². The molecular weight excluding hydrogens is 208 g/mol. The van der Waals surface area contributed by atoms with Gasteiger partial charge >= 0.3 is 0 Å². The largest absolute Gasteiger partial charge is 0.386 e. The minimum Gasteiger partial charge on any atom is -0.386 e. The van der Waals surface area contributed by atoms with Crippen molar-refractivity contribution < 1.29 is 10.0 Å². The highest BCUT2D eigenvalue weighted by Crippen LogP contribution is 2.33. The van der Waals surface area contributed by atoms with Crippen LogP contribution in [-0.2, 0) is 0 Å². The summed E-state index contributed by atoms with van der Waals surface area (Å²) in [7, 11) is 0. The summed E-state index contributed by atoms with van der Waals surface area (Å²) in [5.41, 5.74) is 0.949. The Labute approximate surface area is 93.5 Å². The van der Waals surface area contributed by atoms with Gasteiger partial charge in [-0.2, -0.15) is 0 Å². The average molecular weight is 222 g/mol. The molecule has 1 N–H and O–H groups in total. The fraction of sp³-hybridized carbons (Fsp3) is 0.455. The molecule has 1 fully saturated rings. The van der Waals surface area contributed by atoms with E-state index in [0.29, 0.717) is 18.7 Å². The van der Waals surface area contributed by atoms with Gasteiger partial charge < -0.3 is 10.0 Å². The summed E-state index contributed by atoms with van der Waals surface area (Å²) in [6.45, 7) is 4.54. The van der Waals surface area contributed by atoms with Crippen molar-refractivity contribution in [1.29, 1.82) is 0 Å². The first-order valence-corrected chi connectivity index (χ1v) is 5.12. The fourth-order valence-corrected chi connectivity index (χ4v) is 2.10. The predicted octanol–water partition coefficient (Wildman–Crippen LogP) is 1.47. The molecule has 5 heteroatoms. The zero-order valence-corrected chi connectivity index (χ0v) is 9.30. The van der Waals surface area contributed by atoms with Crippen LogP contribution in [0.2, 0.25) is 0 Å². The normalized spacial score (nSPS) is 18.1. The minimum atomic E-state index is -0.670. The number of β-amino-alcohol motifs (C(OH)–C–C–N with tert-alkyl or cyclic N) is 1. The standard InChI is InChI=1S/C11H14N2O3/c1-8-9(12-6-11(2,14)7-12)4-3-5-10(8)13(15)16/h3-5,14H,6-7H2,1-2H3. The summed E-state index contributed by atoms with van der Waals surface area (Å²) < 4.78 is 0. The Hall–Kier alpha value is -1.62. The molecule has 0 aromatic heterocycles. The molecule has 0 bridgehead atoms. The molecule has 1 aromatic carbocycles. The minimum absolute atomic E-state index is 0.129. The summed E-state index contributed by atoms with van der Waals surface area (Å²) in [5.74, 6) is 0. The smallest absolute Gasteiger partial charge is 0.274 e. The number of hydrogen-bond donors (Lipinski definition) is 1. The lowest BCUT2D eigenvalue weighted by molar-refractivity contribution is -0.385. The maximum atomic E-state index is 10.8. The van der Waals surface area contributed by atoms with Crippen LogP contribution in [0.4, 0.5) is 11.4 Å². The van der Waals surface area contributed by atoms with Gasteiger partial charge in [-0.1, -0.05) is 6.07 Å². The second-order valence-electron chi connectivity index (χ2n) is 4.53. The van der Waals surface area contributed by atoms with E-state index in [-0.39, 0.29) is 10.6 Å². The molecule has 5 nitrogen and oxygen atoms in total. The molecule has 1 aliphatic heterocycles. The topological polar surface area (TPSA) is 66.6 Å². The van der Waals surface area contributed by atoms with Gasteiger partial charge in [-0.3, -0.25) is 10.1 Å². The molecule has 2 rings (SSSR count). The molecular formula is C11H14N2O3. The van der Waals surface area contributed by atoms with Crippen molar-refractivity contribution in [1.82, 2.24) is 0 Å². The van der Waals surface area contributed by atoms with Crippen LogP contribution in [0.15, 0.2) is 18.2 Å². The van der Waals surface area contributed by atoms with E-state index in [0.717, 1.165) is 5.69 Å². The van der Waals surface area contributed by atoms with Crippen LogP contribution in [-0.4, -0.2) is 28.7 Å². The third-order valence-corrected chi connectivity index (χ3v) is 2.88. The van der Waals surface area contributed by atoms with Crippen LogP contribution in [0.5, 0.6) is 0 Å². The fourth-order valence-electron chi connectivity index (χ4n) is 2.10. The molecule has 16 heavy (non-hydrogen) atoms. The van der Waals surface area contributed by atoms with E-state index < -0.39 is 5.60 Å². The lowest BCUT2D eigenvalue weighted by atomic mass is 9.95. The molecule has 0 spiro atoms. The third kappa shape index (κ3) is 1.74. The molecule has 0 radical (unpaired) electrons. The van der Waals surface area contributed by atoms with Crippen LogP contribution in [0.3, 0.4) is 0 Å². The number of rotatable bonds is 2. The number of benzene rings is 1. The summed E-state index contributed by atoms with van der Waals surface area (Å²) >= 11 is 0. The molecule has 0 amide bonds. The molecule has 1 heterocycles. The van der Waals surface area contributed by atoms with E-state index in [2.05, 4.69) is 0 Å². The highest BCUT2D eigenvalue weighted by Gasteiger charge is 2.37. The summed E-state index contributed by atoms with van der Waals surface area (Å²) in [6, 6.07) is 5.02. The van der Waals surface area contributed by atoms with Gasteiger partial charge in [-0.15, -0.1) is 0 Å². The molecule has 0 aliphatic carbocycles. The molecule has 0 unspecified atom stereocenters. The zero-order valence-electron chi connectivity index (χ0n) is 9.30. The lowest BCUT2D eigenvalue weighted by Gasteiger charge is -2.46. The molecule has 0 atom stereocenters. The Bertz CT molecular complexity index is 435. The molecule has 0 saturated carbocycles. The summed E-state index contributed by atoms with van der Waals surface area (Å²) in [4.78, 5) is 12.3. The second kappa shape index (κ2) is 3.45. The quantitative estimate of drug-likeness (QED) is 0.608. The Kier molecular flexibility index (Phi) is 2.35. The molecule has 1 saturated heterocycles. The predicted molar refractivity (Wildman–Crippen MR) is 60.7 cm³/mol. The highest BCUT2D eigenvalue weighted by molar-refractivity contribution is 5.63. The van der Waals surface area contributed by atoms with Gasteiger partial charge in [0.15, 0.2) is 0 Å². The third-order valence-electron chi connectivity index (χ3n) is 2.88. The van der Waals surface area contributed by atoms with Crippen LogP contribution in [0.1, 0.15) is 12.5 Å². The number of nitro groups is 1. The van der Waals surface area contributed by atoms with Crippen molar-refractivity contribution in [3.8, 4) is 0 Å². The van der Waals surface area contributed by atoms with E-state index in [1.165, 1.54) is 6.07 Å². The van der Waals surface area contributed by atoms with E-state index in [9.17, 15) is 15.2 Å². The van der Waals surface area contributed by atoms with Crippen molar-refractivity contribution in [3.05, 3.63) is 33.9 Å². The highest BCUT2D eigenvalue weighted by atomic mass is 16.6. The Morgan fingerprint density at radius 3 is 2.62 bits per heavy atom. The van der Waals surface area contributed by atoms with Crippen LogP contribution in [0.25, 0.3) is 0 Å². The SMILES string of the molecule is Cc1c(N2CC(C)(O)C2)cccc1[N+](=O)[O-]. The van der Waals surface area contributed by atoms with E-state index in [1.54, 1.807) is 19.9 Å². The maximum absolute atomic E-state index is 10.8. The molecule has 1 aromatic rings. The first-order valence-electron chi connectivity index (χ1n) is 5.12. The van der Waals surface area contributed by atoms with E-state index in [4.69, 9.17) is 0 Å². The van der Waals surface area contributed by atoms with Gasteiger partial charge in [-0.05, 0) is 19.9 Å². The van der Waals surface area contributed by atoms with Crippen LogP contribution in [0, 0.1) is 17.0 Å². The van der Waals surface area contributed by atoms with E-state index in [1.807, 2.05) is 11.0 Å². The Balaban J connectivity index is 2.30. The van der Waals surface area contributed by atoms with Gasteiger partial charge in [0.05, 0.1) is 16.1 Å². The number of hydrogen-bond acceptors (Lipinski definition) is 4. The monoisotopic (exact) mass is 222 g/mol. The molecule has 1 aliphatic rings. The van der Waals surface area contributed by atoms with Crippen LogP contribution < -0.4 is 4.90 Å². The van der Waals surface area contributed by atoms with Crippen molar-refractivity contribution in [2.24, 2.45) is 0 Å². The summed E-state index contributed by atoms with van der Waals surface area (Å²) in [5, 5.41) is 20.4. The maximum Gasteiger partial charge on any atom is 0.274 e. The number of aliphatic hydroxyl groups is 1. The number of nitrogens with zero attached hydrogens (tertiary/aromatic N) is 2. The zero-order chi connectivity index (χ0) is 11.9. The first kappa shape index (κ1) is 10.9. The second-order valence-corrected chi connectivity index (χ2v) is 4.53. The first-order chi connectivity index (χ1) is 7.41. The Morgan fingerprint density at radius 1 is 1.50 bits per heavy atom. The van der Waals surface area contributed by atoms with Gasteiger partial charge in [0.1, 0.15) is 0 Å². The van der Waals surface area contributed by atoms with Gasteiger partial charge in [0.2, 0.25) is 0 Å². The molecule has 86 valence electrons. The van der Waals surface area contributed by atoms with Crippen molar-refractivity contribution in [3.63, 3.8) is 0 Å². The van der Waals surface area contributed by atoms with E-state index >= 15 is 0 Å². The van der Waals surface area contributed by atoms with Gasteiger partial charge in [-0.25, -0.2) is 0 Å². The lowest BCUT2D eigenvalue weighted by Crippen LogP contribution is -2.60. The number of anilines is 1.